The standard InChI is InChI=1S/C12H16BrCl2N3O4/c13-11(15)9(14)10(18(19)20)12(16-1-5-21-6-2-16)17-3-7-22-8-4-17/h1-8H2/b11-9+. The Balaban J connectivity index is 2.48. The first-order valence-electron chi connectivity index (χ1n) is 6.77. The predicted octanol–water partition coefficient (Wildman–Crippen LogP) is 2.14. The van der Waals surface area contributed by atoms with Crippen LogP contribution >= 0.6 is 39.1 Å². The topological polar surface area (TPSA) is 68.1 Å². The summed E-state index contributed by atoms with van der Waals surface area (Å²) < 4.78 is 10.7. The zero-order valence-electron chi connectivity index (χ0n) is 11.8. The fraction of sp³-hybridized carbons (Fsp3) is 0.667. The molecule has 10 heteroatoms. The van der Waals surface area contributed by atoms with Crippen molar-refractivity contribution in [3.63, 3.8) is 0 Å². The van der Waals surface area contributed by atoms with E-state index in [0.717, 1.165) is 0 Å². The predicted molar refractivity (Wildman–Crippen MR) is 86.5 cm³/mol. The number of rotatable bonds is 4. The molecule has 2 fully saturated rings. The smallest absolute Gasteiger partial charge is 0.329 e. The molecule has 2 heterocycles. The normalized spacial score (nSPS) is 20.5. The van der Waals surface area contributed by atoms with E-state index in [1.807, 2.05) is 9.80 Å². The van der Waals surface area contributed by atoms with Gasteiger partial charge in [0.05, 0.1) is 31.4 Å². The first kappa shape index (κ1) is 17.8. The van der Waals surface area contributed by atoms with Gasteiger partial charge < -0.3 is 19.3 Å². The number of allylic oxidation sites excluding steroid dienone is 1. The maximum Gasteiger partial charge on any atom is 0.329 e. The highest BCUT2D eigenvalue weighted by molar-refractivity contribution is 9.12. The van der Waals surface area contributed by atoms with Crippen LogP contribution in [0.4, 0.5) is 0 Å². The largest absolute Gasteiger partial charge is 0.378 e. The highest BCUT2D eigenvalue weighted by atomic mass is 79.9. The van der Waals surface area contributed by atoms with E-state index in [1.165, 1.54) is 0 Å². The molecule has 7 nitrogen and oxygen atoms in total. The van der Waals surface area contributed by atoms with Crippen molar-refractivity contribution in [2.75, 3.05) is 52.6 Å². The molecule has 0 saturated carbocycles. The van der Waals surface area contributed by atoms with E-state index in [4.69, 9.17) is 32.7 Å². The molecular formula is C12H16BrCl2N3O4. The Morgan fingerprint density at radius 3 is 1.73 bits per heavy atom. The SMILES string of the molecule is O=[N+]([O-])C(=C(N1CCOCC1)N1CCOCC1)/C(Cl)=C(\Cl)Br. The third-order valence-corrected chi connectivity index (χ3v) is 4.67. The molecule has 22 heavy (non-hydrogen) atoms. The van der Waals surface area contributed by atoms with E-state index in [9.17, 15) is 10.1 Å². The molecule has 0 unspecified atom stereocenters. The van der Waals surface area contributed by atoms with Gasteiger partial charge in [-0.05, 0) is 15.9 Å². The summed E-state index contributed by atoms with van der Waals surface area (Å²) in [5, 5.41) is 11.5. The summed E-state index contributed by atoms with van der Waals surface area (Å²) in [5.41, 5.74) is -0.202. The summed E-state index contributed by atoms with van der Waals surface area (Å²) in [5.74, 6) is 0.471. The average Bonchev–Trinajstić information content (AvgIpc) is 2.53. The van der Waals surface area contributed by atoms with Crippen molar-refractivity contribution in [1.29, 1.82) is 0 Å². The highest BCUT2D eigenvalue weighted by Gasteiger charge is 2.33. The monoisotopic (exact) mass is 415 g/mol. The van der Waals surface area contributed by atoms with Gasteiger partial charge >= 0.3 is 5.70 Å². The number of hydrogen-bond donors (Lipinski definition) is 0. The number of halogens is 3. The minimum absolute atomic E-state index is 0.0138. The molecule has 0 aromatic rings. The summed E-state index contributed by atoms with van der Waals surface area (Å²) in [6.07, 6.45) is 0. The molecule has 2 aliphatic heterocycles. The van der Waals surface area contributed by atoms with Crippen LogP contribution in [0.5, 0.6) is 0 Å². The van der Waals surface area contributed by atoms with Gasteiger partial charge in [-0.2, -0.15) is 0 Å². The number of nitrogens with zero attached hydrogens (tertiary/aromatic N) is 3. The Kier molecular flexibility index (Phi) is 6.76. The lowest BCUT2D eigenvalue weighted by molar-refractivity contribution is -0.423. The van der Waals surface area contributed by atoms with Gasteiger partial charge in [0.2, 0.25) is 0 Å². The van der Waals surface area contributed by atoms with Crippen LogP contribution in [0.3, 0.4) is 0 Å². The van der Waals surface area contributed by atoms with Crippen LogP contribution in [0.25, 0.3) is 0 Å². The first-order chi connectivity index (χ1) is 10.5. The van der Waals surface area contributed by atoms with Gasteiger partial charge in [0.1, 0.15) is 8.97 Å². The second-order valence-electron chi connectivity index (χ2n) is 4.70. The Morgan fingerprint density at radius 1 is 1.00 bits per heavy atom. The summed E-state index contributed by atoms with van der Waals surface area (Å²) in [6.45, 7) is 4.32. The molecule has 2 saturated heterocycles. The number of nitro groups is 1. The van der Waals surface area contributed by atoms with Crippen molar-refractivity contribution in [3.8, 4) is 0 Å². The van der Waals surface area contributed by atoms with Crippen LogP contribution in [0.15, 0.2) is 20.5 Å². The molecule has 0 aromatic carbocycles. The second-order valence-corrected chi connectivity index (χ2v) is 6.71. The van der Waals surface area contributed by atoms with E-state index < -0.39 is 4.92 Å². The zero-order chi connectivity index (χ0) is 16.1. The summed E-state index contributed by atoms with van der Waals surface area (Å²) in [4.78, 5) is 14.9. The number of morpholine rings is 2. The maximum atomic E-state index is 11.6. The van der Waals surface area contributed by atoms with Crippen molar-refractivity contribution in [1.82, 2.24) is 9.80 Å². The third kappa shape index (κ3) is 4.26. The minimum Gasteiger partial charge on any atom is -0.378 e. The lowest BCUT2D eigenvalue weighted by atomic mass is 10.3. The molecule has 0 amide bonds. The van der Waals surface area contributed by atoms with E-state index >= 15 is 0 Å². The minimum atomic E-state index is -0.494. The third-order valence-electron chi connectivity index (χ3n) is 3.39. The molecule has 0 N–H and O–H groups in total. The lowest BCUT2D eigenvalue weighted by Gasteiger charge is -2.38. The van der Waals surface area contributed by atoms with Gasteiger partial charge in [-0.3, -0.25) is 10.1 Å². The molecule has 0 aliphatic carbocycles. The quantitative estimate of drug-likeness (QED) is 0.397. The average molecular weight is 417 g/mol. The zero-order valence-corrected chi connectivity index (χ0v) is 14.9. The summed E-state index contributed by atoms with van der Waals surface area (Å²) in [7, 11) is 0. The molecule has 2 rings (SSSR count). The number of ether oxygens (including phenoxy) is 2. The van der Waals surface area contributed by atoms with Crippen molar-refractivity contribution in [2.45, 2.75) is 0 Å². The van der Waals surface area contributed by atoms with E-state index in [-0.39, 0.29) is 14.7 Å². The van der Waals surface area contributed by atoms with Crippen molar-refractivity contribution < 1.29 is 14.4 Å². The van der Waals surface area contributed by atoms with E-state index in [0.29, 0.717) is 58.4 Å². The molecule has 0 radical (unpaired) electrons. The van der Waals surface area contributed by atoms with E-state index in [2.05, 4.69) is 15.9 Å². The molecular weight excluding hydrogens is 401 g/mol. The summed E-state index contributed by atoms with van der Waals surface area (Å²) >= 11 is 14.9. The van der Waals surface area contributed by atoms with Crippen molar-refractivity contribution >= 4 is 39.1 Å². The van der Waals surface area contributed by atoms with Crippen LogP contribution in [-0.2, 0) is 9.47 Å². The summed E-state index contributed by atoms with van der Waals surface area (Å²) in [6, 6.07) is 0. The molecule has 0 bridgehead atoms. The fourth-order valence-electron chi connectivity index (χ4n) is 2.40. The van der Waals surface area contributed by atoms with Gasteiger partial charge in [0.25, 0.3) is 0 Å². The molecule has 0 spiro atoms. The van der Waals surface area contributed by atoms with Crippen LogP contribution in [-0.4, -0.2) is 67.3 Å². The van der Waals surface area contributed by atoms with Crippen LogP contribution in [0, 0.1) is 10.1 Å². The lowest BCUT2D eigenvalue weighted by Crippen LogP contribution is -2.47. The second kappa shape index (κ2) is 8.35. The molecule has 0 aromatic heterocycles. The fourth-order valence-corrected chi connectivity index (χ4v) is 2.83. The Hall–Kier alpha value is -0.540. The number of hydrogen-bond acceptors (Lipinski definition) is 6. The highest BCUT2D eigenvalue weighted by Crippen LogP contribution is 2.31. The first-order valence-corrected chi connectivity index (χ1v) is 8.32. The molecule has 2 aliphatic rings. The van der Waals surface area contributed by atoms with Gasteiger partial charge in [-0.1, -0.05) is 23.2 Å². The Bertz CT molecular complexity index is 465. The van der Waals surface area contributed by atoms with Crippen LogP contribution in [0.2, 0.25) is 0 Å². The molecule has 0 atom stereocenters. The van der Waals surface area contributed by atoms with Gasteiger partial charge in [-0.15, -0.1) is 0 Å². The van der Waals surface area contributed by atoms with Crippen molar-refractivity contribution in [3.05, 3.63) is 30.6 Å². The Morgan fingerprint density at radius 2 is 1.41 bits per heavy atom. The van der Waals surface area contributed by atoms with E-state index in [1.54, 1.807) is 0 Å². The van der Waals surface area contributed by atoms with Gasteiger partial charge in [0, 0.05) is 26.2 Å². The van der Waals surface area contributed by atoms with Crippen LogP contribution in [0.1, 0.15) is 0 Å². The van der Waals surface area contributed by atoms with Gasteiger partial charge in [-0.25, -0.2) is 0 Å². The Labute approximate surface area is 146 Å². The van der Waals surface area contributed by atoms with Gasteiger partial charge in [0.15, 0.2) is 5.82 Å². The maximum absolute atomic E-state index is 11.6. The van der Waals surface area contributed by atoms with Crippen molar-refractivity contribution in [2.24, 2.45) is 0 Å². The van der Waals surface area contributed by atoms with Crippen LogP contribution < -0.4 is 0 Å². The molecule has 124 valence electrons.